The van der Waals surface area contributed by atoms with Crippen LogP contribution in [0.1, 0.15) is 53.4 Å². The molecule has 0 radical (unpaired) electrons. The summed E-state index contributed by atoms with van der Waals surface area (Å²) >= 11 is 0. The standard InChI is InChI=1S/C20H28O/c1-16(8-6-9-17(2)13-15-21)11-12-19-18(3)10-7-14-20(19,4)5/h6,9,11-13,15H,1,7-8,10,14H2,2-5H3/b9-6+,12-11+,17-13-. The van der Waals surface area contributed by atoms with Crippen LogP contribution in [0.15, 0.2) is 59.3 Å². The topological polar surface area (TPSA) is 17.1 Å². The van der Waals surface area contributed by atoms with Crippen LogP contribution in [-0.2, 0) is 4.79 Å². The summed E-state index contributed by atoms with van der Waals surface area (Å²) < 4.78 is 0. The highest BCUT2D eigenvalue weighted by Crippen LogP contribution is 2.40. The molecule has 0 fully saturated rings. The summed E-state index contributed by atoms with van der Waals surface area (Å²) in [6, 6.07) is 0. The average Bonchev–Trinajstić information content (AvgIpc) is 2.37. The van der Waals surface area contributed by atoms with E-state index >= 15 is 0 Å². The Hall–Kier alpha value is -1.63. The van der Waals surface area contributed by atoms with Gasteiger partial charge in [-0.15, -0.1) is 0 Å². The van der Waals surface area contributed by atoms with Gasteiger partial charge in [-0.1, -0.05) is 55.9 Å². The molecule has 0 bridgehead atoms. The Kier molecular flexibility index (Phi) is 6.61. The molecule has 114 valence electrons. The second-order valence-corrected chi connectivity index (χ2v) is 6.58. The van der Waals surface area contributed by atoms with Gasteiger partial charge in [-0.3, -0.25) is 4.79 Å². The zero-order valence-electron chi connectivity index (χ0n) is 13.9. The van der Waals surface area contributed by atoms with E-state index in [-0.39, 0.29) is 5.41 Å². The highest BCUT2D eigenvalue weighted by molar-refractivity contribution is 5.66. The summed E-state index contributed by atoms with van der Waals surface area (Å²) in [5.74, 6) is 0. The molecule has 0 aromatic heterocycles. The molecule has 1 heteroatoms. The van der Waals surface area contributed by atoms with Gasteiger partial charge in [0.25, 0.3) is 0 Å². The van der Waals surface area contributed by atoms with Crippen LogP contribution in [-0.4, -0.2) is 6.29 Å². The van der Waals surface area contributed by atoms with Crippen LogP contribution in [0.25, 0.3) is 0 Å². The Morgan fingerprint density at radius 3 is 2.67 bits per heavy atom. The van der Waals surface area contributed by atoms with E-state index in [0.717, 1.165) is 23.9 Å². The Balaban J connectivity index is 2.66. The molecule has 1 aliphatic rings. The molecule has 1 aliphatic carbocycles. The van der Waals surface area contributed by atoms with Crippen molar-refractivity contribution in [3.8, 4) is 0 Å². The third kappa shape index (κ3) is 5.71. The molecule has 0 amide bonds. The molecule has 0 spiro atoms. The normalized spacial score (nSPS) is 19.5. The van der Waals surface area contributed by atoms with Gasteiger partial charge in [0.05, 0.1) is 0 Å². The molecule has 0 heterocycles. The van der Waals surface area contributed by atoms with E-state index < -0.39 is 0 Å². The van der Waals surface area contributed by atoms with Gasteiger partial charge in [-0.25, -0.2) is 0 Å². The van der Waals surface area contributed by atoms with Gasteiger partial charge in [-0.05, 0) is 62.2 Å². The van der Waals surface area contributed by atoms with Gasteiger partial charge >= 0.3 is 0 Å². The molecule has 1 rings (SSSR count). The highest BCUT2D eigenvalue weighted by atomic mass is 16.1. The lowest BCUT2D eigenvalue weighted by atomic mass is 9.72. The Morgan fingerprint density at radius 2 is 2.05 bits per heavy atom. The van der Waals surface area contributed by atoms with E-state index in [1.165, 1.54) is 30.4 Å². The van der Waals surface area contributed by atoms with E-state index in [1.807, 2.05) is 13.0 Å². The van der Waals surface area contributed by atoms with Gasteiger partial charge in [0.15, 0.2) is 0 Å². The van der Waals surface area contributed by atoms with Crippen molar-refractivity contribution >= 4 is 6.29 Å². The number of carbonyl (C=O) groups excluding carboxylic acids is 1. The second-order valence-electron chi connectivity index (χ2n) is 6.58. The predicted molar refractivity (Wildman–Crippen MR) is 92.2 cm³/mol. The van der Waals surface area contributed by atoms with Crippen LogP contribution in [0.3, 0.4) is 0 Å². The number of aldehydes is 1. The summed E-state index contributed by atoms with van der Waals surface area (Å²) in [4.78, 5) is 10.3. The van der Waals surface area contributed by atoms with Gasteiger partial charge in [0.1, 0.15) is 6.29 Å². The third-order valence-electron chi connectivity index (χ3n) is 4.12. The lowest BCUT2D eigenvalue weighted by Gasteiger charge is -2.33. The van der Waals surface area contributed by atoms with Crippen molar-refractivity contribution < 1.29 is 4.79 Å². The minimum Gasteiger partial charge on any atom is -0.299 e. The molecule has 0 aliphatic heterocycles. The number of rotatable bonds is 6. The van der Waals surface area contributed by atoms with E-state index in [4.69, 9.17) is 0 Å². The first-order valence-corrected chi connectivity index (χ1v) is 7.71. The molecule has 0 aromatic carbocycles. The largest absolute Gasteiger partial charge is 0.299 e. The van der Waals surface area contributed by atoms with E-state index in [0.29, 0.717) is 0 Å². The fourth-order valence-corrected chi connectivity index (χ4v) is 2.84. The average molecular weight is 284 g/mol. The fourth-order valence-electron chi connectivity index (χ4n) is 2.84. The van der Waals surface area contributed by atoms with Crippen molar-refractivity contribution in [2.45, 2.75) is 53.4 Å². The first kappa shape index (κ1) is 17.4. The van der Waals surface area contributed by atoms with Gasteiger partial charge in [0, 0.05) is 0 Å². The quantitative estimate of drug-likeness (QED) is 0.346. The molecule has 0 atom stereocenters. The van der Waals surface area contributed by atoms with Crippen LogP contribution in [0.4, 0.5) is 0 Å². The summed E-state index contributed by atoms with van der Waals surface area (Å²) in [5.41, 5.74) is 5.31. The Bertz CT molecular complexity index is 510. The van der Waals surface area contributed by atoms with Crippen LogP contribution in [0, 0.1) is 5.41 Å². The predicted octanol–water partition coefficient (Wildman–Crippen LogP) is 5.72. The molecular formula is C20H28O. The number of carbonyl (C=O) groups is 1. The highest BCUT2D eigenvalue weighted by Gasteiger charge is 2.26. The number of hydrogen-bond donors (Lipinski definition) is 0. The Labute approximate surface area is 129 Å². The lowest BCUT2D eigenvalue weighted by Crippen LogP contribution is -2.19. The van der Waals surface area contributed by atoms with Crippen molar-refractivity contribution in [3.63, 3.8) is 0 Å². The second kappa shape index (κ2) is 7.97. The first-order valence-electron chi connectivity index (χ1n) is 7.71. The first-order chi connectivity index (χ1) is 9.86. The molecule has 0 N–H and O–H groups in total. The minimum absolute atomic E-state index is 0.276. The monoisotopic (exact) mass is 284 g/mol. The minimum atomic E-state index is 0.276. The zero-order valence-corrected chi connectivity index (χ0v) is 13.9. The maximum atomic E-state index is 10.3. The molecule has 0 saturated heterocycles. The number of hydrogen-bond acceptors (Lipinski definition) is 1. The Morgan fingerprint density at radius 1 is 1.33 bits per heavy atom. The van der Waals surface area contributed by atoms with E-state index in [2.05, 4.69) is 45.6 Å². The third-order valence-corrected chi connectivity index (χ3v) is 4.12. The van der Waals surface area contributed by atoms with Crippen LogP contribution < -0.4 is 0 Å². The van der Waals surface area contributed by atoms with Gasteiger partial charge < -0.3 is 0 Å². The molecule has 0 aromatic rings. The van der Waals surface area contributed by atoms with Crippen molar-refractivity contribution in [1.82, 2.24) is 0 Å². The summed E-state index contributed by atoms with van der Waals surface area (Å²) in [5, 5.41) is 0. The van der Waals surface area contributed by atoms with Crippen molar-refractivity contribution in [1.29, 1.82) is 0 Å². The van der Waals surface area contributed by atoms with E-state index in [9.17, 15) is 4.79 Å². The maximum Gasteiger partial charge on any atom is 0.143 e. The number of allylic oxidation sites excluding steroid dienone is 9. The smallest absolute Gasteiger partial charge is 0.143 e. The maximum absolute atomic E-state index is 10.3. The van der Waals surface area contributed by atoms with Crippen molar-refractivity contribution in [2.75, 3.05) is 0 Å². The molecule has 21 heavy (non-hydrogen) atoms. The van der Waals surface area contributed by atoms with Gasteiger partial charge in [0.2, 0.25) is 0 Å². The SMILES string of the molecule is C=C(/C=C/C1=C(C)CCCC1(C)C)C/C=C/C(C)=C\C=O. The van der Waals surface area contributed by atoms with E-state index in [1.54, 1.807) is 6.08 Å². The van der Waals surface area contributed by atoms with Crippen LogP contribution in [0.2, 0.25) is 0 Å². The lowest BCUT2D eigenvalue weighted by molar-refractivity contribution is -0.104. The van der Waals surface area contributed by atoms with Crippen LogP contribution in [0.5, 0.6) is 0 Å². The summed E-state index contributed by atoms with van der Waals surface area (Å²) in [6.07, 6.45) is 15.3. The molecule has 1 nitrogen and oxygen atoms in total. The summed E-state index contributed by atoms with van der Waals surface area (Å²) in [6.45, 7) is 12.9. The van der Waals surface area contributed by atoms with Crippen LogP contribution >= 0.6 is 0 Å². The summed E-state index contributed by atoms with van der Waals surface area (Å²) in [7, 11) is 0. The molecule has 0 unspecified atom stereocenters. The molecular weight excluding hydrogens is 256 g/mol. The van der Waals surface area contributed by atoms with Crippen molar-refractivity contribution in [2.24, 2.45) is 5.41 Å². The fraction of sp³-hybridized carbons (Fsp3) is 0.450. The van der Waals surface area contributed by atoms with Crippen molar-refractivity contribution in [3.05, 3.63) is 59.3 Å². The zero-order chi connectivity index (χ0) is 15.9. The molecule has 0 saturated carbocycles. The van der Waals surface area contributed by atoms with Gasteiger partial charge in [-0.2, -0.15) is 0 Å².